The minimum absolute atomic E-state index is 0.0667. The number of hydrogen-bond acceptors (Lipinski definition) is 5. The maximum absolute atomic E-state index is 12.9. The number of furan rings is 1. The molecule has 2 rings (SSSR count). The van der Waals surface area contributed by atoms with Crippen molar-refractivity contribution in [2.45, 2.75) is 18.2 Å². The van der Waals surface area contributed by atoms with Crippen molar-refractivity contribution in [2.24, 2.45) is 0 Å². The molecule has 27 heavy (non-hydrogen) atoms. The summed E-state index contributed by atoms with van der Waals surface area (Å²) in [7, 11) is 3.83. The molecule has 2 amide bonds. The van der Waals surface area contributed by atoms with E-state index >= 15 is 0 Å². The molecule has 8 heteroatoms. The van der Waals surface area contributed by atoms with E-state index in [1.807, 2.05) is 31.1 Å². The van der Waals surface area contributed by atoms with Crippen molar-refractivity contribution in [1.29, 1.82) is 0 Å². The first kappa shape index (κ1) is 21.0. The van der Waals surface area contributed by atoms with Crippen molar-refractivity contribution in [2.75, 3.05) is 31.7 Å². The summed E-state index contributed by atoms with van der Waals surface area (Å²) in [4.78, 5) is 26.2. The number of carbonyl (C=O) groups is 2. The topological polar surface area (TPSA) is 74.6 Å². The van der Waals surface area contributed by atoms with E-state index in [9.17, 15) is 14.0 Å². The highest BCUT2D eigenvalue weighted by molar-refractivity contribution is 8.01. The van der Waals surface area contributed by atoms with Crippen LogP contribution in [0.5, 0.6) is 0 Å². The summed E-state index contributed by atoms with van der Waals surface area (Å²) < 4.78 is 18.3. The molecule has 1 aromatic carbocycles. The molecule has 1 heterocycles. The third-order valence-corrected chi connectivity index (χ3v) is 5.07. The Hall–Kier alpha value is -2.32. The summed E-state index contributed by atoms with van der Waals surface area (Å²) in [5, 5.41) is 5.18. The second-order valence-corrected chi connectivity index (χ2v) is 7.58. The lowest BCUT2D eigenvalue weighted by molar-refractivity contribution is -0.120. The fourth-order valence-electron chi connectivity index (χ4n) is 2.37. The Bertz CT molecular complexity index is 735. The number of likely N-dealkylation sites (N-methyl/N-ethyl adjacent to an activating group) is 1. The van der Waals surface area contributed by atoms with E-state index < -0.39 is 0 Å². The Labute approximate surface area is 162 Å². The van der Waals surface area contributed by atoms with Crippen LogP contribution in [0, 0.1) is 5.82 Å². The van der Waals surface area contributed by atoms with E-state index in [2.05, 4.69) is 10.6 Å². The highest BCUT2D eigenvalue weighted by atomic mass is 32.2. The molecule has 2 unspecified atom stereocenters. The molecule has 0 radical (unpaired) electrons. The average molecular weight is 393 g/mol. The van der Waals surface area contributed by atoms with Crippen LogP contribution in [0.15, 0.2) is 47.1 Å². The number of rotatable bonds is 9. The van der Waals surface area contributed by atoms with Gasteiger partial charge in [-0.3, -0.25) is 14.5 Å². The van der Waals surface area contributed by atoms with Gasteiger partial charge < -0.3 is 15.1 Å². The molecule has 0 bridgehead atoms. The SMILES string of the molecule is CC(SCC(=O)Nc1ccc(F)cc1)C(=O)NCC(c1ccco1)N(C)C. The van der Waals surface area contributed by atoms with Gasteiger partial charge in [0, 0.05) is 12.2 Å². The van der Waals surface area contributed by atoms with Crippen LogP contribution in [0.4, 0.5) is 10.1 Å². The Balaban J connectivity index is 1.76. The van der Waals surface area contributed by atoms with Crippen LogP contribution in [0.2, 0.25) is 0 Å². The number of anilines is 1. The quantitative estimate of drug-likeness (QED) is 0.685. The van der Waals surface area contributed by atoms with Crippen molar-refractivity contribution in [3.63, 3.8) is 0 Å². The van der Waals surface area contributed by atoms with E-state index in [1.165, 1.54) is 36.0 Å². The number of nitrogens with one attached hydrogen (secondary N) is 2. The first-order valence-corrected chi connectivity index (χ1v) is 9.56. The number of carbonyl (C=O) groups excluding carboxylic acids is 2. The van der Waals surface area contributed by atoms with Crippen LogP contribution in [0.25, 0.3) is 0 Å². The zero-order chi connectivity index (χ0) is 19.8. The van der Waals surface area contributed by atoms with Crippen molar-refractivity contribution in [3.05, 3.63) is 54.2 Å². The van der Waals surface area contributed by atoms with Crippen molar-refractivity contribution in [1.82, 2.24) is 10.2 Å². The molecule has 2 aromatic rings. The third kappa shape index (κ3) is 6.73. The lowest BCUT2D eigenvalue weighted by atomic mass is 10.2. The molecule has 0 saturated carbocycles. The van der Waals surface area contributed by atoms with Gasteiger partial charge >= 0.3 is 0 Å². The summed E-state index contributed by atoms with van der Waals surface area (Å²) in [6.07, 6.45) is 1.60. The van der Waals surface area contributed by atoms with Gasteiger partial charge in [0.05, 0.1) is 23.3 Å². The second-order valence-electron chi connectivity index (χ2n) is 6.25. The summed E-state index contributed by atoms with van der Waals surface area (Å²) in [6, 6.07) is 9.15. The predicted molar refractivity (Wildman–Crippen MR) is 105 cm³/mol. The molecule has 0 spiro atoms. The van der Waals surface area contributed by atoms with Gasteiger partial charge in [0.2, 0.25) is 11.8 Å². The molecule has 0 aliphatic carbocycles. The van der Waals surface area contributed by atoms with Crippen LogP contribution >= 0.6 is 11.8 Å². The van der Waals surface area contributed by atoms with Crippen LogP contribution in [-0.4, -0.2) is 48.4 Å². The molecule has 6 nitrogen and oxygen atoms in total. The first-order valence-electron chi connectivity index (χ1n) is 8.51. The fourth-order valence-corrected chi connectivity index (χ4v) is 3.07. The van der Waals surface area contributed by atoms with Gasteiger partial charge in [0.1, 0.15) is 11.6 Å². The maximum atomic E-state index is 12.9. The van der Waals surface area contributed by atoms with E-state index in [0.29, 0.717) is 12.2 Å². The fraction of sp³-hybridized carbons (Fsp3) is 0.368. The van der Waals surface area contributed by atoms with E-state index in [-0.39, 0.29) is 34.7 Å². The first-order chi connectivity index (χ1) is 12.9. The summed E-state index contributed by atoms with van der Waals surface area (Å²) in [5.41, 5.74) is 0.520. The molecular weight excluding hydrogens is 369 g/mol. The molecule has 0 aliphatic heterocycles. The maximum Gasteiger partial charge on any atom is 0.234 e. The Kier molecular flexibility index (Phi) is 7.87. The highest BCUT2D eigenvalue weighted by Crippen LogP contribution is 2.18. The molecule has 146 valence electrons. The van der Waals surface area contributed by atoms with E-state index in [1.54, 1.807) is 13.2 Å². The zero-order valence-electron chi connectivity index (χ0n) is 15.6. The Morgan fingerprint density at radius 2 is 1.93 bits per heavy atom. The molecule has 1 aromatic heterocycles. The number of thioether (sulfide) groups is 1. The predicted octanol–water partition coefficient (Wildman–Crippen LogP) is 2.90. The van der Waals surface area contributed by atoms with Gasteiger partial charge in [-0.1, -0.05) is 0 Å². The van der Waals surface area contributed by atoms with Gasteiger partial charge in [-0.25, -0.2) is 4.39 Å². The van der Waals surface area contributed by atoms with Crippen LogP contribution < -0.4 is 10.6 Å². The summed E-state index contributed by atoms with van der Waals surface area (Å²) >= 11 is 1.24. The smallest absolute Gasteiger partial charge is 0.234 e. The van der Waals surface area contributed by atoms with Gasteiger partial charge in [0.15, 0.2) is 0 Å². The molecule has 0 saturated heterocycles. The summed E-state index contributed by atoms with van der Waals surface area (Å²) in [6.45, 7) is 2.16. The number of nitrogens with zero attached hydrogens (tertiary/aromatic N) is 1. The molecule has 0 aliphatic rings. The van der Waals surface area contributed by atoms with E-state index in [4.69, 9.17) is 4.42 Å². The normalized spacial score (nSPS) is 13.2. The lowest BCUT2D eigenvalue weighted by Gasteiger charge is -2.23. The number of hydrogen-bond donors (Lipinski definition) is 2. The number of halogens is 1. The molecule has 0 fully saturated rings. The van der Waals surface area contributed by atoms with Crippen LogP contribution in [-0.2, 0) is 9.59 Å². The van der Waals surface area contributed by atoms with E-state index in [0.717, 1.165) is 5.76 Å². The van der Waals surface area contributed by atoms with Gasteiger partial charge in [-0.15, -0.1) is 11.8 Å². The second kappa shape index (κ2) is 10.1. The number of amides is 2. The van der Waals surface area contributed by atoms with Gasteiger partial charge in [0.25, 0.3) is 0 Å². The van der Waals surface area contributed by atoms with Crippen LogP contribution in [0.1, 0.15) is 18.7 Å². The Morgan fingerprint density at radius 1 is 1.22 bits per heavy atom. The number of benzene rings is 1. The monoisotopic (exact) mass is 393 g/mol. The summed E-state index contributed by atoms with van der Waals surface area (Å²) in [5.74, 6) is 0.153. The standard InChI is InChI=1S/C19H24FN3O3S/c1-13(27-12-18(24)22-15-8-6-14(20)7-9-15)19(25)21-11-16(23(2)3)17-5-4-10-26-17/h4-10,13,16H,11-12H2,1-3H3,(H,21,25)(H,22,24). The average Bonchev–Trinajstić information content (AvgIpc) is 3.15. The minimum atomic E-state index is -0.386. The zero-order valence-corrected chi connectivity index (χ0v) is 16.4. The largest absolute Gasteiger partial charge is 0.468 e. The van der Waals surface area contributed by atoms with Gasteiger partial charge in [-0.05, 0) is 57.4 Å². The molecule has 2 atom stereocenters. The Morgan fingerprint density at radius 3 is 2.52 bits per heavy atom. The molecule has 2 N–H and O–H groups in total. The van der Waals surface area contributed by atoms with Crippen molar-refractivity contribution >= 4 is 29.3 Å². The highest BCUT2D eigenvalue weighted by Gasteiger charge is 2.20. The molecular formula is C19H24FN3O3S. The van der Waals surface area contributed by atoms with Crippen LogP contribution in [0.3, 0.4) is 0 Å². The minimum Gasteiger partial charge on any atom is -0.468 e. The van der Waals surface area contributed by atoms with Crippen molar-refractivity contribution < 1.29 is 18.4 Å². The lowest BCUT2D eigenvalue weighted by Crippen LogP contribution is -2.38. The third-order valence-electron chi connectivity index (χ3n) is 3.93. The van der Waals surface area contributed by atoms with Gasteiger partial charge in [-0.2, -0.15) is 0 Å². The van der Waals surface area contributed by atoms with Crippen molar-refractivity contribution in [3.8, 4) is 0 Å².